The number of carbonyl (C=O) groups excluding carboxylic acids is 3. The lowest BCUT2D eigenvalue weighted by Crippen LogP contribution is -2.35. The number of amides is 3. The van der Waals surface area contributed by atoms with Crippen LogP contribution in [0.15, 0.2) is 205 Å². The molecule has 16 aromatic rings. The Morgan fingerprint density at radius 2 is 0.746 bits per heavy atom. The molecule has 3 amide bonds. The topological polar surface area (TPSA) is 222 Å². The average Bonchev–Trinajstić information content (AvgIpc) is 1.10. The summed E-state index contributed by atoms with van der Waals surface area (Å²) < 4.78 is 81.0. The first-order chi connectivity index (χ1) is 55.3. The number of hydrogen-bond acceptors (Lipinski definition) is 19. The number of nitrogens with zero attached hydrogens (tertiary/aromatic N) is 10. The summed E-state index contributed by atoms with van der Waals surface area (Å²) in [6, 6.07) is 55.6. The van der Waals surface area contributed by atoms with Gasteiger partial charge in [-0.15, -0.1) is 34.0 Å². The zero-order valence-corrected chi connectivity index (χ0v) is 64.2. The van der Waals surface area contributed by atoms with Gasteiger partial charge < -0.3 is 39.4 Å². The zero-order valence-electron chi connectivity index (χ0n) is 61.7. The smallest absolute Gasteiger partial charge is 0.264 e. The van der Waals surface area contributed by atoms with Gasteiger partial charge in [-0.25, -0.2) is 52.4 Å². The first kappa shape index (κ1) is 73.4. The number of rotatable bonds is 8. The van der Waals surface area contributed by atoms with Gasteiger partial charge in [-0.2, -0.15) is 0 Å². The van der Waals surface area contributed by atoms with E-state index in [1.54, 1.807) is 128 Å². The number of anilines is 4. The van der Waals surface area contributed by atoms with Crippen LogP contribution >= 0.6 is 34.0 Å². The molecule has 20 rings (SSSR count). The lowest BCUT2D eigenvalue weighted by Gasteiger charge is -2.28. The number of halogens is 4. The van der Waals surface area contributed by atoms with E-state index < -0.39 is 0 Å². The van der Waals surface area contributed by atoms with Gasteiger partial charge in [0.25, 0.3) is 17.7 Å². The highest BCUT2D eigenvalue weighted by Gasteiger charge is 2.30. The van der Waals surface area contributed by atoms with Crippen molar-refractivity contribution >= 4 is 116 Å². The minimum absolute atomic E-state index is 0.0510. The second-order valence-corrected chi connectivity index (χ2v) is 30.1. The Labute approximate surface area is 661 Å². The van der Waals surface area contributed by atoms with Crippen LogP contribution in [-0.2, 0) is 14.4 Å². The lowest BCUT2D eigenvalue weighted by molar-refractivity contribution is -0.121. The molecule has 8 aromatic carbocycles. The van der Waals surface area contributed by atoms with Gasteiger partial charge in [0, 0.05) is 70.2 Å². The highest BCUT2D eigenvalue weighted by Crippen LogP contribution is 2.46. The maximum Gasteiger partial charge on any atom is 0.264 e. The number of fused-ring (bicyclic) bond motifs is 8. The third kappa shape index (κ3) is 14.7. The predicted octanol–water partition coefficient (Wildman–Crippen LogP) is 19.7. The highest BCUT2D eigenvalue weighted by molar-refractivity contribution is 7.17. The molecule has 0 fully saturated rings. The van der Waals surface area contributed by atoms with E-state index in [1.165, 1.54) is 24.3 Å². The molecule has 2 N–H and O–H groups in total. The molecule has 0 atom stereocenters. The zero-order chi connectivity index (χ0) is 78.6. The van der Waals surface area contributed by atoms with Gasteiger partial charge in [-0.05, 0) is 224 Å². The lowest BCUT2D eigenvalue weighted by atomic mass is 9.96. The van der Waals surface area contributed by atoms with E-state index >= 15 is 0 Å². The number of carbonyl (C=O) groups is 3. The van der Waals surface area contributed by atoms with Crippen molar-refractivity contribution in [1.82, 2.24) is 39.9 Å². The van der Waals surface area contributed by atoms with Crippen molar-refractivity contribution in [1.29, 1.82) is 0 Å². The summed E-state index contributed by atoms with van der Waals surface area (Å²) in [4.78, 5) is 75.6. The van der Waals surface area contributed by atoms with Gasteiger partial charge in [0.1, 0.15) is 52.6 Å². The number of thiazole rings is 3. The molecule has 114 heavy (non-hydrogen) atoms. The number of benzene rings is 8. The fraction of sp³-hybridized carbons (Fsp3) is 0.125. The van der Waals surface area contributed by atoms with Crippen molar-refractivity contribution in [3.63, 3.8) is 0 Å². The van der Waals surface area contributed by atoms with E-state index in [4.69, 9.17) is 28.9 Å². The van der Waals surface area contributed by atoms with Crippen LogP contribution in [0.5, 0.6) is 23.5 Å². The summed E-state index contributed by atoms with van der Waals surface area (Å²) in [5.41, 5.74) is 27.4. The Morgan fingerprint density at radius 3 is 1.18 bits per heavy atom. The van der Waals surface area contributed by atoms with Crippen LogP contribution in [0.25, 0.3) is 131 Å². The fourth-order valence-electron chi connectivity index (χ4n) is 13.7. The van der Waals surface area contributed by atoms with Gasteiger partial charge >= 0.3 is 0 Å². The minimum atomic E-state index is -0.270. The van der Waals surface area contributed by atoms with Crippen molar-refractivity contribution in [2.45, 2.75) is 27.7 Å². The van der Waals surface area contributed by atoms with Crippen molar-refractivity contribution in [2.75, 3.05) is 67.5 Å². The van der Waals surface area contributed by atoms with E-state index in [1.807, 2.05) is 109 Å². The van der Waals surface area contributed by atoms with Crippen molar-refractivity contribution in [2.24, 2.45) is 0 Å². The number of ether oxygens (including phenoxy) is 4. The molecule has 0 saturated carbocycles. The third-order valence-corrected chi connectivity index (χ3v) is 22.2. The standard InChI is InChI=1S/C23H16FN3O2.C22H16FN3O2S.C22H18FN3OS.C21H14FN3O2S/c1-13-9-16(4-6-18(13)24)22-17(11-20-23(27-22)29-12-21(28)26-20)14-5-7-19-15(10-14)3-2-8-25-19;1-12-7-14(3-5-16(12)23)21-15(13-4-6-17-19(8-13)29-11-24-17)9-18-22(25-21)28-10-20(27)26(18)2;1-13-9-15(3-5-17(13)23)21-16(11-19-22(25-21)27-8-7-26(19)2)14-4-6-18-20(10-14)28-12-24-18;1-11-6-13(2-4-15(11)22)20-14(8-17-21(25-20)27-9-19(26)24-17)12-3-5-16-18(7-12)28-10-23-16/h2-11H,12H2,1H3,(H,26,28);3-9,11H,10H2,1-2H3;3-6,9-12H,7-8H2,1-2H3;2-8,10H,9H2,1H3,(H,24,26). The second kappa shape index (κ2) is 30.7. The molecule has 4 aliphatic rings. The number of aryl methyl sites for hydroxylation is 4. The predicted molar refractivity (Wildman–Crippen MR) is 440 cm³/mol. The first-order valence-electron chi connectivity index (χ1n) is 36.0. The normalized spacial score (nSPS) is 13.3. The average molecular weight is 1570 g/mol. The maximum atomic E-state index is 13.8. The summed E-state index contributed by atoms with van der Waals surface area (Å²) in [6.07, 6.45) is 1.75. The molecule has 19 nitrogen and oxygen atoms in total. The molecular formula is C88H64F4N12O7S3. The van der Waals surface area contributed by atoms with E-state index in [0.29, 0.717) is 86.5 Å². The summed E-state index contributed by atoms with van der Waals surface area (Å²) in [6.45, 7) is 8.14. The second-order valence-electron chi connectivity index (χ2n) is 27.4. The molecule has 12 heterocycles. The molecule has 4 aliphatic heterocycles. The van der Waals surface area contributed by atoms with Gasteiger partial charge in [-0.3, -0.25) is 19.4 Å². The third-order valence-electron chi connectivity index (χ3n) is 19.9. The van der Waals surface area contributed by atoms with Gasteiger partial charge in [-0.1, -0.05) is 30.3 Å². The number of likely N-dealkylation sites (N-methyl/N-ethyl adjacent to an activating group) is 2. The molecule has 0 bridgehead atoms. The van der Waals surface area contributed by atoms with Crippen LogP contribution < -0.4 is 39.4 Å². The largest absolute Gasteiger partial charge is 0.474 e. The summed E-state index contributed by atoms with van der Waals surface area (Å²) in [7, 11) is 3.75. The molecule has 0 radical (unpaired) electrons. The molecule has 0 saturated heterocycles. The minimum Gasteiger partial charge on any atom is -0.474 e. The quantitative estimate of drug-likeness (QED) is 0.135. The Kier molecular flexibility index (Phi) is 19.7. The number of pyridine rings is 5. The molecule has 0 spiro atoms. The van der Waals surface area contributed by atoms with Crippen molar-refractivity contribution in [3.8, 4) is 113 Å². The molecule has 26 heteroatoms. The molecule has 0 unspecified atom stereocenters. The van der Waals surface area contributed by atoms with Crippen molar-refractivity contribution in [3.05, 3.63) is 250 Å². The van der Waals surface area contributed by atoms with E-state index in [-0.39, 0.29) is 60.8 Å². The Balaban J connectivity index is 0.000000110. The maximum absolute atomic E-state index is 13.8. The number of nitrogens with one attached hydrogen (secondary N) is 2. The Morgan fingerprint density at radius 1 is 0.377 bits per heavy atom. The molecule has 0 aliphatic carbocycles. The van der Waals surface area contributed by atoms with Crippen LogP contribution in [-0.4, -0.2) is 105 Å². The van der Waals surface area contributed by atoms with Crippen LogP contribution in [0.1, 0.15) is 22.3 Å². The monoisotopic (exact) mass is 1570 g/mol. The summed E-state index contributed by atoms with van der Waals surface area (Å²) in [5.74, 6) is 0.139. The van der Waals surface area contributed by atoms with Crippen LogP contribution in [0, 0.1) is 51.0 Å². The summed E-state index contributed by atoms with van der Waals surface area (Å²) >= 11 is 4.73. The van der Waals surface area contributed by atoms with Gasteiger partial charge in [0.2, 0.25) is 23.5 Å². The Bertz CT molecular complexity index is 6590. The van der Waals surface area contributed by atoms with Crippen LogP contribution in [0.3, 0.4) is 0 Å². The fourth-order valence-corrected chi connectivity index (χ4v) is 15.9. The molecule has 564 valence electrons. The van der Waals surface area contributed by atoms with Crippen LogP contribution in [0.2, 0.25) is 0 Å². The SMILES string of the molecule is Cc1cc(-c2nc3c(cc2-c2ccc4ncccc4c2)NC(=O)CO3)ccc1F.Cc1cc(-c2nc3c(cc2-c2ccc4ncsc4c2)N(C)C(=O)CO3)ccc1F.Cc1cc(-c2nc3c(cc2-c2ccc4ncsc4c2)N(C)CCO3)ccc1F.Cc1cc(-c2nc3c(cc2-c2ccc4ncsc4c2)NC(=O)CO3)ccc1F. The highest BCUT2D eigenvalue weighted by atomic mass is 32.1. The summed E-state index contributed by atoms with van der Waals surface area (Å²) in [5, 5.41) is 6.60. The van der Waals surface area contributed by atoms with E-state index in [0.717, 1.165) is 126 Å². The molecule has 8 aromatic heterocycles. The van der Waals surface area contributed by atoms with Gasteiger partial charge in [0.15, 0.2) is 19.8 Å². The first-order valence-corrected chi connectivity index (χ1v) is 38.6. The number of aromatic nitrogens is 8. The van der Waals surface area contributed by atoms with Gasteiger partial charge in [0.05, 0.1) is 82.0 Å². The van der Waals surface area contributed by atoms with E-state index in [9.17, 15) is 31.9 Å². The van der Waals surface area contributed by atoms with Crippen molar-refractivity contribution < 1.29 is 50.9 Å². The van der Waals surface area contributed by atoms with E-state index in [2.05, 4.69) is 69.7 Å². The molecular weight excluding hydrogens is 1510 g/mol. The van der Waals surface area contributed by atoms with Crippen LogP contribution in [0.4, 0.5) is 40.3 Å². The Hall–Kier alpha value is -13.4. The number of hydrogen-bond donors (Lipinski definition) is 2.